The summed E-state index contributed by atoms with van der Waals surface area (Å²) in [7, 11) is 1.75. The molecule has 1 aliphatic rings. The third-order valence-electron chi connectivity index (χ3n) is 4.67. The van der Waals surface area contributed by atoms with Crippen molar-refractivity contribution < 1.29 is 9.53 Å². The van der Waals surface area contributed by atoms with Gasteiger partial charge in [-0.05, 0) is 18.6 Å². The molecule has 1 aromatic heterocycles. The van der Waals surface area contributed by atoms with Gasteiger partial charge in [0.05, 0.1) is 6.54 Å². The van der Waals surface area contributed by atoms with Gasteiger partial charge in [0.15, 0.2) is 12.4 Å². The summed E-state index contributed by atoms with van der Waals surface area (Å²) < 4.78 is 7.87. The minimum atomic E-state index is -0.112. The first-order valence-corrected chi connectivity index (χ1v) is 8.96. The lowest BCUT2D eigenvalue weighted by atomic mass is 10.1. The van der Waals surface area contributed by atoms with Crippen molar-refractivity contribution in [2.75, 3.05) is 13.7 Å². The van der Waals surface area contributed by atoms with Crippen LogP contribution < -0.4 is 4.74 Å². The molecule has 134 valence electrons. The summed E-state index contributed by atoms with van der Waals surface area (Å²) in [6, 6.07) is 11.3. The fourth-order valence-corrected chi connectivity index (χ4v) is 3.47. The number of halogens is 1. The molecule has 0 spiro atoms. The van der Waals surface area contributed by atoms with Crippen LogP contribution in [0.4, 0.5) is 0 Å². The van der Waals surface area contributed by atoms with E-state index in [4.69, 9.17) is 16.3 Å². The largest absolute Gasteiger partial charge is 0.483 e. The maximum atomic E-state index is 12.5. The van der Waals surface area contributed by atoms with E-state index in [0.717, 1.165) is 41.8 Å². The first-order valence-electron chi connectivity index (χ1n) is 8.58. The SMILES string of the molecule is CN(Cc1nnc2n1CCC2)C(=O)COc1ccc(Cl)c2ccccc12. The number of hydrogen-bond acceptors (Lipinski definition) is 4. The highest BCUT2D eigenvalue weighted by molar-refractivity contribution is 6.35. The first kappa shape index (κ1) is 16.8. The van der Waals surface area contributed by atoms with Crippen LogP contribution in [0.25, 0.3) is 10.8 Å². The van der Waals surface area contributed by atoms with Crippen molar-refractivity contribution in [2.45, 2.75) is 25.9 Å². The number of amides is 1. The van der Waals surface area contributed by atoms with Gasteiger partial charge < -0.3 is 14.2 Å². The fraction of sp³-hybridized carbons (Fsp3) is 0.316. The van der Waals surface area contributed by atoms with Crippen LogP contribution in [0.3, 0.4) is 0 Å². The lowest BCUT2D eigenvalue weighted by Crippen LogP contribution is -2.32. The molecule has 3 aromatic rings. The quantitative estimate of drug-likeness (QED) is 0.692. The summed E-state index contributed by atoms with van der Waals surface area (Å²) in [4.78, 5) is 14.1. The van der Waals surface area contributed by atoms with E-state index in [-0.39, 0.29) is 12.5 Å². The van der Waals surface area contributed by atoms with Crippen LogP contribution in [0.5, 0.6) is 5.75 Å². The molecule has 0 aliphatic carbocycles. The maximum Gasteiger partial charge on any atom is 0.260 e. The number of aryl methyl sites for hydroxylation is 1. The smallest absolute Gasteiger partial charge is 0.260 e. The molecular formula is C19H19ClN4O2. The molecule has 0 radical (unpaired) electrons. The second-order valence-corrected chi connectivity index (χ2v) is 6.82. The Labute approximate surface area is 156 Å². The number of hydrogen-bond donors (Lipinski definition) is 0. The monoisotopic (exact) mass is 370 g/mol. The number of fused-ring (bicyclic) bond motifs is 2. The molecule has 0 N–H and O–H groups in total. The third-order valence-corrected chi connectivity index (χ3v) is 5.00. The van der Waals surface area contributed by atoms with Gasteiger partial charge in [0.2, 0.25) is 0 Å². The predicted octanol–water partition coefficient (Wildman–Crippen LogP) is 3.07. The van der Waals surface area contributed by atoms with E-state index >= 15 is 0 Å². The summed E-state index contributed by atoms with van der Waals surface area (Å²) in [6.45, 7) is 1.31. The zero-order valence-corrected chi connectivity index (χ0v) is 15.2. The van der Waals surface area contributed by atoms with Gasteiger partial charge in [-0.3, -0.25) is 4.79 Å². The average molecular weight is 371 g/mol. The van der Waals surface area contributed by atoms with Gasteiger partial charge >= 0.3 is 0 Å². The molecule has 0 bridgehead atoms. The standard InChI is InChI=1S/C19H19ClN4O2/c1-23(11-18-22-21-17-7-4-10-24(17)18)19(25)12-26-16-9-8-15(20)13-5-2-3-6-14(13)16/h2-3,5-6,8-9H,4,7,10-12H2,1H3. The Bertz CT molecular complexity index is 969. The Morgan fingerprint density at radius 3 is 2.88 bits per heavy atom. The number of nitrogens with zero attached hydrogens (tertiary/aromatic N) is 4. The van der Waals surface area contributed by atoms with Crippen molar-refractivity contribution in [1.29, 1.82) is 0 Å². The Kier molecular flexibility index (Phi) is 4.51. The van der Waals surface area contributed by atoms with Gasteiger partial charge in [-0.1, -0.05) is 35.9 Å². The average Bonchev–Trinajstić information content (AvgIpc) is 3.26. The fourth-order valence-electron chi connectivity index (χ4n) is 3.24. The number of aromatic nitrogens is 3. The van der Waals surface area contributed by atoms with Gasteiger partial charge in [0, 0.05) is 35.8 Å². The molecule has 0 saturated heterocycles. The molecule has 0 saturated carbocycles. The zero-order valence-electron chi connectivity index (χ0n) is 14.5. The minimum absolute atomic E-state index is 0.0386. The number of ether oxygens (including phenoxy) is 1. The Balaban J connectivity index is 1.43. The Hall–Kier alpha value is -2.60. The van der Waals surface area contributed by atoms with Crippen molar-refractivity contribution >= 4 is 28.3 Å². The van der Waals surface area contributed by atoms with Crippen molar-refractivity contribution in [1.82, 2.24) is 19.7 Å². The van der Waals surface area contributed by atoms with Gasteiger partial charge in [0.25, 0.3) is 5.91 Å². The molecule has 1 amide bonds. The number of rotatable bonds is 5. The number of likely N-dealkylation sites (N-methyl/N-ethyl adjacent to an activating group) is 1. The summed E-state index contributed by atoms with van der Waals surface area (Å²) in [5, 5.41) is 10.8. The molecular weight excluding hydrogens is 352 g/mol. The second-order valence-electron chi connectivity index (χ2n) is 6.42. The molecule has 1 aliphatic heterocycles. The van der Waals surface area contributed by atoms with Gasteiger partial charge in [0.1, 0.15) is 11.6 Å². The first-order chi connectivity index (χ1) is 12.6. The van der Waals surface area contributed by atoms with Crippen LogP contribution in [0, 0.1) is 0 Å². The second kappa shape index (κ2) is 6.96. The van der Waals surface area contributed by atoms with Crippen LogP contribution >= 0.6 is 11.6 Å². The summed E-state index contributed by atoms with van der Waals surface area (Å²) in [5.74, 6) is 2.37. The number of benzene rings is 2. The maximum absolute atomic E-state index is 12.5. The van der Waals surface area contributed by atoms with Crippen molar-refractivity contribution in [2.24, 2.45) is 0 Å². The van der Waals surface area contributed by atoms with Crippen LogP contribution in [0.2, 0.25) is 5.02 Å². The Morgan fingerprint density at radius 2 is 2.04 bits per heavy atom. The molecule has 6 nitrogen and oxygen atoms in total. The molecule has 2 aromatic carbocycles. The highest BCUT2D eigenvalue weighted by Crippen LogP contribution is 2.31. The van der Waals surface area contributed by atoms with E-state index in [1.54, 1.807) is 24.1 Å². The van der Waals surface area contributed by atoms with Crippen LogP contribution in [-0.4, -0.2) is 39.2 Å². The van der Waals surface area contributed by atoms with Crippen LogP contribution in [0.1, 0.15) is 18.1 Å². The number of carbonyl (C=O) groups excluding carboxylic acids is 1. The summed E-state index contributed by atoms with van der Waals surface area (Å²) in [6.07, 6.45) is 2.04. The van der Waals surface area contributed by atoms with Gasteiger partial charge in [-0.2, -0.15) is 0 Å². The summed E-state index contributed by atoms with van der Waals surface area (Å²) >= 11 is 6.22. The molecule has 26 heavy (non-hydrogen) atoms. The summed E-state index contributed by atoms with van der Waals surface area (Å²) in [5.41, 5.74) is 0. The highest BCUT2D eigenvalue weighted by Gasteiger charge is 2.20. The number of carbonyl (C=O) groups is 1. The topological polar surface area (TPSA) is 60.2 Å². The van der Waals surface area contributed by atoms with E-state index in [1.165, 1.54) is 0 Å². The Morgan fingerprint density at radius 1 is 1.23 bits per heavy atom. The third kappa shape index (κ3) is 3.12. The van der Waals surface area contributed by atoms with Crippen molar-refractivity contribution in [3.05, 3.63) is 53.1 Å². The van der Waals surface area contributed by atoms with E-state index in [9.17, 15) is 4.79 Å². The molecule has 4 rings (SSSR count). The predicted molar refractivity (Wildman–Crippen MR) is 99.3 cm³/mol. The normalized spacial score (nSPS) is 13.0. The lowest BCUT2D eigenvalue weighted by molar-refractivity contribution is -0.132. The van der Waals surface area contributed by atoms with Crippen LogP contribution in [-0.2, 0) is 24.3 Å². The van der Waals surface area contributed by atoms with Crippen LogP contribution in [0.15, 0.2) is 36.4 Å². The van der Waals surface area contributed by atoms with E-state index in [2.05, 4.69) is 14.8 Å². The molecule has 2 heterocycles. The zero-order chi connectivity index (χ0) is 18.1. The molecule has 7 heteroatoms. The molecule has 0 fully saturated rings. The van der Waals surface area contributed by atoms with E-state index < -0.39 is 0 Å². The molecule has 0 unspecified atom stereocenters. The van der Waals surface area contributed by atoms with E-state index in [1.807, 2.05) is 24.3 Å². The highest BCUT2D eigenvalue weighted by atomic mass is 35.5. The van der Waals surface area contributed by atoms with E-state index in [0.29, 0.717) is 17.3 Å². The van der Waals surface area contributed by atoms with Gasteiger partial charge in [-0.25, -0.2) is 0 Å². The van der Waals surface area contributed by atoms with Crippen molar-refractivity contribution in [3.8, 4) is 5.75 Å². The lowest BCUT2D eigenvalue weighted by Gasteiger charge is -2.17. The molecule has 0 atom stereocenters. The minimum Gasteiger partial charge on any atom is -0.483 e. The van der Waals surface area contributed by atoms with Crippen molar-refractivity contribution in [3.63, 3.8) is 0 Å². The van der Waals surface area contributed by atoms with Gasteiger partial charge in [-0.15, -0.1) is 10.2 Å².